The first-order valence-corrected chi connectivity index (χ1v) is 4.92. The number of halogens is 2. The van der Waals surface area contributed by atoms with Crippen molar-refractivity contribution in [2.24, 2.45) is 0 Å². The first-order chi connectivity index (χ1) is 6.20. The smallest absolute Gasteiger partial charge is 0.140 e. The number of nitrogens with zero attached hydrogens (tertiary/aromatic N) is 2. The van der Waals surface area contributed by atoms with E-state index in [0.29, 0.717) is 5.15 Å². The molecule has 0 N–H and O–H groups in total. The molecule has 1 heterocycles. The Morgan fingerprint density at radius 2 is 2.08 bits per heavy atom. The Labute approximate surface area is 89.1 Å². The van der Waals surface area contributed by atoms with Gasteiger partial charge in [0.2, 0.25) is 0 Å². The lowest BCUT2D eigenvalue weighted by Gasteiger charge is -2.03. The number of rotatable bonds is 0. The predicted molar refractivity (Wildman–Crippen MR) is 57.0 cm³/mol. The molecule has 4 heteroatoms. The number of benzene rings is 1. The Kier molecular flexibility index (Phi) is 2.22. The summed E-state index contributed by atoms with van der Waals surface area (Å²) in [5, 5.41) is 1.39. The van der Waals surface area contributed by atoms with Crippen LogP contribution in [0.15, 0.2) is 22.9 Å². The average molecular weight is 258 g/mol. The van der Waals surface area contributed by atoms with E-state index in [-0.39, 0.29) is 0 Å². The van der Waals surface area contributed by atoms with E-state index in [4.69, 9.17) is 11.6 Å². The second-order valence-electron chi connectivity index (χ2n) is 2.73. The van der Waals surface area contributed by atoms with E-state index in [9.17, 15) is 0 Å². The Balaban J connectivity index is 2.94. The lowest BCUT2D eigenvalue weighted by atomic mass is 10.1. The van der Waals surface area contributed by atoms with E-state index < -0.39 is 0 Å². The average Bonchev–Trinajstić information content (AvgIpc) is 2.12. The van der Waals surface area contributed by atoms with Gasteiger partial charge in [0, 0.05) is 9.86 Å². The second-order valence-corrected chi connectivity index (χ2v) is 3.95. The molecule has 1 aromatic carbocycles. The van der Waals surface area contributed by atoms with E-state index in [1.165, 1.54) is 6.33 Å². The highest BCUT2D eigenvalue weighted by Crippen LogP contribution is 2.26. The summed E-state index contributed by atoms with van der Waals surface area (Å²) in [6.07, 6.45) is 1.48. The third-order valence-electron chi connectivity index (χ3n) is 1.95. The predicted octanol–water partition coefficient (Wildman–Crippen LogP) is 3.35. The highest BCUT2D eigenvalue weighted by atomic mass is 79.9. The molecule has 0 aliphatic heterocycles. The van der Waals surface area contributed by atoms with Gasteiger partial charge in [0.25, 0.3) is 0 Å². The minimum atomic E-state index is 0.501. The van der Waals surface area contributed by atoms with Crippen LogP contribution in [0.3, 0.4) is 0 Å². The lowest BCUT2D eigenvalue weighted by Crippen LogP contribution is -1.87. The van der Waals surface area contributed by atoms with Crippen molar-refractivity contribution in [3.8, 4) is 0 Å². The third-order valence-corrected chi connectivity index (χ3v) is 3.11. The number of hydrogen-bond donors (Lipinski definition) is 0. The zero-order chi connectivity index (χ0) is 9.42. The van der Waals surface area contributed by atoms with E-state index in [0.717, 1.165) is 20.9 Å². The molecule has 0 unspecified atom stereocenters. The topological polar surface area (TPSA) is 25.8 Å². The van der Waals surface area contributed by atoms with Crippen molar-refractivity contribution in [1.29, 1.82) is 0 Å². The summed E-state index contributed by atoms with van der Waals surface area (Å²) in [5.74, 6) is 0. The summed E-state index contributed by atoms with van der Waals surface area (Å²) in [7, 11) is 0. The Morgan fingerprint density at radius 3 is 2.85 bits per heavy atom. The summed E-state index contributed by atoms with van der Waals surface area (Å²) < 4.78 is 1.04. The van der Waals surface area contributed by atoms with Crippen LogP contribution in [0.4, 0.5) is 0 Å². The van der Waals surface area contributed by atoms with Gasteiger partial charge in [-0.25, -0.2) is 9.97 Å². The van der Waals surface area contributed by atoms with Crippen LogP contribution in [-0.2, 0) is 0 Å². The van der Waals surface area contributed by atoms with Gasteiger partial charge in [0.15, 0.2) is 0 Å². The van der Waals surface area contributed by atoms with Gasteiger partial charge in [-0.2, -0.15) is 0 Å². The monoisotopic (exact) mass is 256 g/mol. The van der Waals surface area contributed by atoms with Gasteiger partial charge in [-0.3, -0.25) is 0 Å². The molecule has 0 aliphatic rings. The maximum absolute atomic E-state index is 5.91. The third kappa shape index (κ3) is 1.42. The van der Waals surface area contributed by atoms with Crippen molar-refractivity contribution < 1.29 is 0 Å². The maximum atomic E-state index is 5.91. The Bertz CT molecular complexity index is 470. The molecule has 0 fully saturated rings. The Hall–Kier alpha value is -0.670. The van der Waals surface area contributed by atoms with Gasteiger partial charge in [0.05, 0.1) is 5.52 Å². The fourth-order valence-electron chi connectivity index (χ4n) is 1.22. The summed E-state index contributed by atoms with van der Waals surface area (Å²) in [6, 6.07) is 3.86. The van der Waals surface area contributed by atoms with Crippen molar-refractivity contribution in [3.05, 3.63) is 33.6 Å². The standard InChI is InChI=1S/C9H6BrClN2/c1-5-7(10)3-2-6-8(5)12-4-13-9(6)11/h2-4H,1H3. The maximum Gasteiger partial charge on any atom is 0.140 e. The van der Waals surface area contributed by atoms with Gasteiger partial charge in [-0.15, -0.1) is 0 Å². The zero-order valence-electron chi connectivity index (χ0n) is 6.88. The summed E-state index contributed by atoms with van der Waals surface area (Å²) in [4.78, 5) is 8.09. The van der Waals surface area contributed by atoms with Crippen molar-refractivity contribution in [1.82, 2.24) is 9.97 Å². The molecule has 66 valence electrons. The molecular weight excluding hydrogens is 251 g/mol. The van der Waals surface area contributed by atoms with Crippen LogP contribution in [0.5, 0.6) is 0 Å². The van der Waals surface area contributed by atoms with Crippen LogP contribution in [0.1, 0.15) is 5.56 Å². The molecule has 0 bridgehead atoms. The quantitative estimate of drug-likeness (QED) is 0.676. The number of aromatic nitrogens is 2. The van der Waals surface area contributed by atoms with E-state index in [1.807, 2.05) is 19.1 Å². The minimum Gasteiger partial charge on any atom is -0.236 e. The largest absolute Gasteiger partial charge is 0.236 e. The van der Waals surface area contributed by atoms with Crippen LogP contribution in [-0.4, -0.2) is 9.97 Å². The van der Waals surface area contributed by atoms with Crippen LogP contribution in [0, 0.1) is 6.92 Å². The van der Waals surface area contributed by atoms with Crippen LogP contribution in [0.2, 0.25) is 5.15 Å². The minimum absolute atomic E-state index is 0.501. The number of hydrogen-bond acceptors (Lipinski definition) is 2. The van der Waals surface area contributed by atoms with E-state index in [2.05, 4.69) is 25.9 Å². The van der Waals surface area contributed by atoms with Crippen LogP contribution >= 0.6 is 27.5 Å². The summed E-state index contributed by atoms with van der Waals surface area (Å²) in [5.41, 5.74) is 1.98. The highest BCUT2D eigenvalue weighted by Gasteiger charge is 2.05. The summed E-state index contributed by atoms with van der Waals surface area (Å²) in [6.45, 7) is 2.00. The van der Waals surface area contributed by atoms with Crippen LogP contribution in [0.25, 0.3) is 10.9 Å². The van der Waals surface area contributed by atoms with Crippen molar-refractivity contribution in [2.75, 3.05) is 0 Å². The fourth-order valence-corrected chi connectivity index (χ4v) is 1.73. The van der Waals surface area contributed by atoms with Gasteiger partial charge < -0.3 is 0 Å². The normalized spacial score (nSPS) is 10.7. The molecule has 1 aromatic heterocycles. The van der Waals surface area contributed by atoms with Crippen molar-refractivity contribution in [3.63, 3.8) is 0 Å². The lowest BCUT2D eigenvalue weighted by molar-refractivity contribution is 1.21. The second kappa shape index (κ2) is 3.24. The molecule has 13 heavy (non-hydrogen) atoms. The molecule has 2 rings (SSSR count). The van der Waals surface area contributed by atoms with Gasteiger partial charge in [-0.1, -0.05) is 27.5 Å². The molecule has 0 saturated heterocycles. The highest BCUT2D eigenvalue weighted by molar-refractivity contribution is 9.10. The first kappa shape index (κ1) is 8.91. The summed E-state index contributed by atoms with van der Waals surface area (Å²) >= 11 is 9.35. The number of aryl methyl sites for hydroxylation is 1. The Morgan fingerprint density at radius 1 is 1.31 bits per heavy atom. The van der Waals surface area contributed by atoms with Gasteiger partial charge in [0.1, 0.15) is 11.5 Å². The van der Waals surface area contributed by atoms with Crippen LogP contribution < -0.4 is 0 Å². The molecule has 0 atom stereocenters. The molecule has 0 saturated carbocycles. The van der Waals surface area contributed by atoms with E-state index in [1.54, 1.807) is 0 Å². The molecule has 0 radical (unpaired) electrons. The number of fused-ring (bicyclic) bond motifs is 1. The molecule has 2 nitrogen and oxygen atoms in total. The van der Waals surface area contributed by atoms with Crippen molar-refractivity contribution >= 4 is 38.4 Å². The molecule has 2 aromatic rings. The SMILES string of the molecule is Cc1c(Br)ccc2c(Cl)ncnc12. The molecule has 0 amide bonds. The zero-order valence-corrected chi connectivity index (χ0v) is 9.22. The first-order valence-electron chi connectivity index (χ1n) is 3.75. The van der Waals surface area contributed by atoms with Gasteiger partial charge >= 0.3 is 0 Å². The van der Waals surface area contributed by atoms with E-state index >= 15 is 0 Å². The molecule has 0 spiro atoms. The molecule has 0 aliphatic carbocycles. The molecular formula is C9H6BrClN2. The fraction of sp³-hybridized carbons (Fsp3) is 0.111. The van der Waals surface area contributed by atoms with Crippen molar-refractivity contribution in [2.45, 2.75) is 6.92 Å². The van der Waals surface area contributed by atoms with Gasteiger partial charge in [-0.05, 0) is 24.6 Å².